The van der Waals surface area contributed by atoms with E-state index in [2.05, 4.69) is 13.8 Å². The fourth-order valence-corrected chi connectivity index (χ4v) is 3.68. The fourth-order valence-electron chi connectivity index (χ4n) is 3.68. The molecule has 0 heteroatoms. The highest BCUT2D eigenvalue weighted by Gasteiger charge is 2.39. The summed E-state index contributed by atoms with van der Waals surface area (Å²) in [5.74, 6) is 2.04. The molecule has 0 aromatic rings. The van der Waals surface area contributed by atoms with E-state index < -0.39 is 0 Å². The number of rotatable bonds is 0. The zero-order valence-corrected chi connectivity index (χ0v) is 8.60. The van der Waals surface area contributed by atoms with Gasteiger partial charge >= 0.3 is 0 Å². The minimum Gasteiger partial charge on any atom is -0.0625 e. The molecule has 0 aromatic heterocycles. The van der Waals surface area contributed by atoms with Crippen LogP contribution in [0.2, 0.25) is 0 Å². The van der Waals surface area contributed by atoms with Crippen molar-refractivity contribution >= 4 is 0 Å². The lowest BCUT2D eigenvalue weighted by Crippen LogP contribution is -2.24. The van der Waals surface area contributed by atoms with Gasteiger partial charge in [0.2, 0.25) is 0 Å². The van der Waals surface area contributed by atoms with Gasteiger partial charge in [0.25, 0.3) is 0 Å². The lowest BCUT2D eigenvalue weighted by molar-refractivity contribution is 0.148. The minimum atomic E-state index is 0.817. The van der Waals surface area contributed by atoms with Crippen molar-refractivity contribution in [2.75, 3.05) is 0 Å². The molecule has 2 saturated carbocycles. The smallest absolute Gasteiger partial charge is 0.0292 e. The first kappa shape index (κ1) is 8.59. The molecule has 70 valence electrons. The van der Waals surface area contributed by atoms with Crippen LogP contribution in [0, 0.1) is 17.3 Å². The first-order valence-electron chi connectivity index (χ1n) is 5.70. The summed E-state index contributed by atoms with van der Waals surface area (Å²) in [7, 11) is 0. The van der Waals surface area contributed by atoms with Crippen LogP contribution in [0.25, 0.3) is 0 Å². The van der Waals surface area contributed by atoms with Crippen molar-refractivity contribution in [3.8, 4) is 0 Å². The van der Waals surface area contributed by atoms with E-state index in [1.54, 1.807) is 12.8 Å². The molecule has 2 aliphatic carbocycles. The molecule has 0 bridgehead atoms. The van der Waals surface area contributed by atoms with Crippen molar-refractivity contribution in [3.63, 3.8) is 0 Å². The lowest BCUT2D eigenvalue weighted by Gasteiger charge is -2.37. The molecule has 2 fully saturated rings. The van der Waals surface area contributed by atoms with Gasteiger partial charge in [0.05, 0.1) is 0 Å². The van der Waals surface area contributed by atoms with Gasteiger partial charge < -0.3 is 0 Å². The van der Waals surface area contributed by atoms with Crippen molar-refractivity contribution in [1.29, 1.82) is 0 Å². The van der Waals surface area contributed by atoms with Crippen LogP contribution < -0.4 is 0 Å². The van der Waals surface area contributed by atoms with Crippen molar-refractivity contribution < 1.29 is 0 Å². The molecule has 1 spiro atoms. The Morgan fingerprint density at radius 3 is 2.17 bits per heavy atom. The third kappa shape index (κ3) is 1.53. The van der Waals surface area contributed by atoms with Gasteiger partial charge in [-0.3, -0.25) is 0 Å². The van der Waals surface area contributed by atoms with Gasteiger partial charge in [0.1, 0.15) is 0 Å². The summed E-state index contributed by atoms with van der Waals surface area (Å²) < 4.78 is 0. The van der Waals surface area contributed by atoms with E-state index in [1.807, 2.05) is 0 Å². The van der Waals surface area contributed by atoms with E-state index in [1.165, 1.54) is 32.1 Å². The molecule has 0 saturated heterocycles. The Kier molecular flexibility index (Phi) is 2.18. The van der Waals surface area contributed by atoms with Crippen LogP contribution in [0.1, 0.15) is 58.8 Å². The Labute approximate surface area is 76.7 Å². The monoisotopic (exact) mass is 166 g/mol. The molecule has 12 heavy (non-hydrogen) atoms. The van der Waals surface area contributed by atoms with Crippen molar-refractivity contribution in [2.45, 2.75) is 58.8 Å². The Bertz CT molecular complexity index is 157. The lowest BCUT2D eigenvalue weighted by atomic mass is 9.69. The normalized spacial score (nSPS) is 48.5. The highest BCUT2D eigenvalue weighted by atomic mass is 14.4. The maximum absolute atomic E-state index is 2.45. The third-order valence-corrected chi connectivity index (χ3v) is 4.13. The number of hydrogen-bond acceptors (Lipinski definition) is 0. The maximum atomic E-state index is 2.45. The van der Waals surface area contributed by atoms with Gasteiger partial charge in [-0.2, -0.15) is 0 Å². The molecular weight excluding hydrogens is 144 g/mol. The molecule has 0 heterocycles. The summed E-state index contributed by atoms with van der Waals surface area (Å²) >= 11 is 0. The van der Waals surface area contributed by atoms with E-state index in [-0.39, 0.29) is 0 Å². The van der Waals surface area contributed by atoms with Gasteiger partial charge in [-0.15, -0.1) is 0 Å². The van der Waals surface area contributed by atoms with Crippen molar-refractivity contribution in [1.82, 2.24) is 0 Å². The zero-order valence-electron chi connectivity index (χ0n) is 8.60. The summed E-state index contributed by atoms with van der Waals surface area (Å²) in [4.78, 5) is 0. The van der Waals surface area contributed by atoms with E-state index in [4.69, 9.17) is 0 Å². The Hall–Kier alpha value is 0. The second-order valence-electron chi connectivity index (χ2n) is 5.55. The van der Waals surface area contributed by atoms with Crippen molar-refractivity contribution in [2.24, 2.45) is 17.3 Å². The second-order valence-corrected chi connectivity index (χ2v) is 5.55. The van der Waals surface area contributed by atoms with Crippen LogP contribution in [-0.2, 0) is 0 Å². The Balaban J connectivity index is 2.00. The number of hydrogen-bond donors (Lipinski definition) is 0. The van der Waals surface area contributed by atoms with Crippen LogP contribution in [0.3, 0.4) is 0 Å². The highest BCUT2D eigenvalue weighted by molar-refractivity contribution is 4.91. The Morgan fingerprint density at radius 1 is 0.917 bits per heavy atom. The van der Waals surface area contributed by atoms with E-state index >= 15 is 0 Å². The first-order valence-corrected chi connectivity index (χ1v) is 5.70. The standard InChI is InChI=1S/C12H22/c1-10-4-3-6-12(8-10)7-5-11(2)9-12/h10-11H,3-9H2,1-2H3/t10-,11+,12?/m0/s1. The van der Waals surface area contributed by atoms with Crippen LogP contribution in [0.15, 0.2) is 0 Å². The van der Waals surface area contributed by atoms with Gasteiger partial charge in [0.15, 0.2) is 0 Å². The predicted octanol–water partition coefficient (Wildman–Crippen LogP) is 4.00. The molecule has 0 N–H and O–H groups in total. The summed E-state index contributed by atoms with van der Waals surface area (Å²) in [6.45, 7) is 4.89. The minimum absolute atomic E-state index is 0.817. The van der Waals surface area contributed by atoms with Crippen LogP contribution in [-0.4, -0.2) is 0 Å². The van der Waals surface area contributed by atoms with E-state index in [0.29, 0.717) is 0 Å². The molecule has 2 aliphatic rings. The fraction of sp³-hybridized carbons (Fsp3) is 1.00. The largest absolute Gasteiger partial charge is 0.0625 e. The average Bonchev–Trinajstić information content (AvgIpc) is 2.32. The summed E-state index contributed by atoms with van der Waals surface area (Å²) in [5.41, 5.74) is 0.817. The molecule has 0 aliphatic heterocycles. The molecule has 0 nitrogen and oxygen atoms in total. The van der Waals surface area contributed by atoms with Gasteiger partial charge in [-0.25, -0.2) is 0 Å². The summed E-state index contributed by atoms with van der Waals surface area (Å²) in [6, 6.07) is 0. The molecule has 1 unspecified atom stereocenters. The molecule has 0 amide bonds. The van der Waals surface area contributed by atoms with Gasteiger partial charge in [0, 0.05) is 0 Å². The van der Waals surface area contributed by atoms with Gasteiger partial charge in [-0.1, -0.05) is 33.1 Å². The van der Waals surface area contributed by atoms with Crippen LogP contribution in [0.5, 0.6) is 0 Å². The molecular formula is C12H22. The van der Waals surface area contributed by atoms with Crippen LogP contribution >= 0.6 is 0 Å². The maximum Gasteiger partial charge on any atom is -0.0292 e. The summed E-state index contributed by atoms with van der Waals surface area (Å²) in [6.07, 6.45) is 10.7. The van der Waals surface area contributed by atoms with Gasteiger partial charge in [-0.05, 0) is 42.9 Å². The molecule has 0 radical (unpaired) electrons. The third-order valence-electron chi connectivity index (χ3n) is 4.13. The zero-order chi connectivity index (χ0) is 8.60. The molecule has 3 atom stereocenters. The summed E-state index contributed by atoms with van der Waals surface area (Å²) in [5, 5.41) is 0. The van der Waals surface area contributed by atoms with Crippen LogP contribution in [0.4, 0.5) is 0 Å². The average molecular weight is 166 g/mol. The highest BCUT2D eigenvalue weighted by Crippen LogP contribution is 2.52. The Morgan fingerprint density at radius 2 is 1.58 bits per heavy atom. The molecule has 2 rings (SSSR count). The molecule has 0 aromatic carbocycles. The first-order chi connectivity index (χ1) is 5.70. The van der Waals surface area contributed by atoms with Crippen molar-refractivity contribution in [3.05, 3.63) is 0 Å². The topological polar surface area (TPSA) is 0 Å². The van der Waals surface area contributed by atoms with E-state index in [0.717, 1.165) is 17.3 Å². The quantitative estimate of drug-likeness (QED) is 0.510. The predicted molar refractivity (Wildman–Crippen MR) is 53.1 cm³/mol. The van der Waals surface area contributed by atoms with E-state index in [9.17, 15) is 0 Å². The SMILES string of the molecule is C[C@@H]1CCC2(CCC[C@H](C)C2)C1. The second kappa shape index (κ2) is 3.05.